The smallest absolute Gasteiger partial charge is 0.170 e. The fraction of sp³-hybridized carbons (Fsp3) is 0.533. The molecule has 1 rings (SSSR count). The highest BCUT2D eigenvalue weighted by molar-refractivity contribution is 7.80. The number of rotatable bonds is 6. The van der Waals surface area contributed by atoms with Crippen LogP contribution in [0.2, 0.25) is 0 Å². The van der Waals surface area contributed by atoms with Crippen molar-refractivity contribution in [2.24, 2.45) is 0 Å². The fourth-order valence-electron chi connectivity index (χ4n) is 2.12. The lowest BCUT2D eigenvalue weighted by atomic mass is 10.2. The SMILES string of the molecule is CC(C)N(CCNC(=S)Nc1ccc(F)cc1)C(C)C. The summed E-state index contributed by atoms with van der Waals surface area (Å²) < 4.78 is 12.8. The van der Waals surface area contributed by atoms with Crippen LogP contribution in [0, 0.1) is 5.82 Å². The Morgan fingerprint density at radius 1 is 1.15 bits per heavy atom. The van der Waals surface area contributed by atoms with E-state index in [0.29, 0.717) is 17.2 Å². The third kappa shape index (κ3) is 5.84. The Balaban J connectivity index is 2.34. The Hall–Kier alpha value is -1.20. The van der Waals surface area contributed by atoms with E-state index >= 15 is 0 Å². The van der Waals surface area contributed by atoms with Gasteiger partial charge in [0.05, 0.1) is 0 Å². The molecular weight excluding hydrogens is 273 g/mol. The van der Waals surface area contributed by atoms with Gasteiger partial charge >= 0.3 is 0 Å². The highest BCUT2D eigenvalue weighted by atomic mass is 32.1. The first-order valence-electron chi connectivity index (χ1n) is 6.96. The zero-order chi connectivity index (χ0) is 15.1. The highest BCUT2D eigenvalue weighted by Crippen LogP contribution is 2.08. The number of anilines is 1. The second-order valence-electron chi connectivity index (χ2n) is 5.31. The van der Waals surface area contributed by atoms with Gasteiger partial charge in [-0.2, -0.15) is 0 Å². The molecule has 2 N–H and O–H groups in total. The predicted molar refractivity (Wildman–Crippen MR) is 87.6 cm³/mol. The maximum atomic E-state index is 12.8. The topological polar surface area (TPSA) is 27.3 Å². The molecule has 3 nitrogen and oxygen atoms in total. The molecule has 0 unspecified atom stereocenters. The first-order chi connectivity index (χ1) is 9.40. The van der Waals surface area contributed by atoms with Crippen molar-refractivity contribution in [3.05, 3.63) is 30.1 Å². The Labute approximate surface area is 126 Å². The van der Waals surface area contributed by atoms with Crippen LogP contribution in [0.5, 0.6) is 0 Å². The van der Waals surface area contributed by atoms with Crippen LogP contribution in [0.25, 0.3) is 0 Å². The Bertz CT molecular complexity index is 410. The second-order valence-corrected chi connectivity index (χ2v) is 5.72. The minimum Gasteiger partial charge on any atom is -0.361 e. The van der Waals surface area contributed by atoms with Crippen molar-refractivity contribution >= 4 is 23.0 Å². The molecule has 0 aliphatic carbocycles. The van der Waals surface area contributed by atoms with E-state index in [-0.39, 0.29) is 5.82 Å². The molecular formula is C15H24FN3S. The monoisotopic (exact) mass is 297 g/mol. The first-order valence-corrected chi connectivity index (χ1v) is 7.37. The van der Waals surface area contributed by atoms with Crippen LogP contribution in [-0.2, 0) is 0 Å². The van der Waals surface area contributed by atoms with Crippen LogP contribution in [0.3, 0.4) is 0 Å². The molecule has 5 heteroatoms. The largest absolute Gasteiger partial charge is 0.361 e. The van der Waals surface area contributed by atoms with Crippen molar-refractivity contribution in [2.75, 3.05) is 18.4 Å². The van der Waals surface area contributed by atoms with Gasteiger partial charge < -0.3 is 10.6 Å². The van der Waals surface area contributed by atoms with Gasteiger partial charge in [-0.15, -0.1) is 0 Å². The van der Waals surface area contributed by atoms with Crippen molar-refractivity contribution in [3.63, 3.8) is 0 Å². The van der Waals surface area contributed by atoms with E-state index in [4.69, 9.17) is 12.2 Å². The van der Waals surface area contributed by atoms with Gasteiger partial charge in [-0.1, -0.05) is 0 Å². The fourth-order valence-corrected chi connectivity index (χ4v) is 2.34. The van der Waals surface area contributed by atoms with Gasteiger partial charge in [-0.25, -0.2) is 4.39 Å². The van der Waals surface area contributed by atoms with Gasteiger partial charge in [0, 0.05) is 30.9 Å². The molecule has 1 aromatic carbocycles. The molecule has 0 aromatic heterocycles. The van der Waals surface area contributed by atoms with E-state index in [9.17, 15) is 4.39 Å². The lowest BCUT2D eigenvalue weighted by Gasteiger charge is -2.30. The van der Waals surface area contributed by atoms with Crippen molar-refractivity contribution < 1.29 is 4.39 Å². The van der Waals surface area contributed by atoms with E-state index in [1.807, 2.05) is 0 Å². The van der Waals surface area contributed by atoms with Gasteiger partial charge in [-0.05, 0) is 64.2 Å². The summed E-state index contributed by atoms with van der Waals surface area (Å²) in [6, 6.07) is 7.16. The van der Waals surface area contributed by atoms with Crippen molar-refractivity contribution in [1.82, 2.24) is 10.2 Å². The maximum absolute atomic E-state index is 12.8. The van der Waals surface area contributed by atoms with Gasteiger partial charge in [0.2, 0.25) is 0 Å². The summed E-state index contributed by atoms with van der Waals surface area (Å²) in [5.41, 5.74) is 0.786. The van der Waals surface area contributed by atoms with Crippen LogP contribution in [-0.4, -0.2) is 35.2 Å². The number of halogens is 1. The third-order valence-electron chi connectivity index (χ3n) is 3.08. The number of nitrogens with one attached hydrogen (secondary N) is 2. The molecule has 0 radical (unpaired) electrons. The van der Waals surface area contributed by atoms with Crippen LogP contribution < -0.4 is 10.6 Å². The molecule has 20 heavy (non-hydrogen) atoms. The summed E-state index contributed by atoms with van der Waals surface area (Å²) >= 11 is 5.22. The number of benzene rings is 1. The minimum atomic E-state index is -0.251. The molecule has 0 bridgehead atoms. The van der Waals surface area contributed by atoms with E-state index in [2.05, 4.69) is 43.2 Å². The van der Waals surface area contributed by atoms with Crippen LogP contribution in [0.1, 0.15) is 27.7 Å². The zero-order valence-corrected chi connectivity index (χ0v) is 13.4. The lowest BCUT2D eigenvalue weighted by molar-refractivity contribution is 0.178. The average molecular weight is 297 g/mol. The molecule has 0 saturated heterocycles. The number of nitrogens with zero attached hydrogens (tertiary/aromatic N) is 1. The lowest BCUT2D eigenvalue weighted by Crippen LogP contribution is -2.43. The molecule has 0 aliphatic heterocycles. The summed E-state index contributed by atoms with van der Waals surface area (Å²) in [7, 11) is 0. The van der Waals surface area contributed by atoms with E-state index in [0.717, 1.165) is 18.8 Å². The highest BCUT2D eigenvalue weighted by Gasteiger charge is 2.12. The molecule has 0 aliphatic rings. The van der Waals surface area contributed by atoms with Crippen LogP contribution in [0.4, 0.5) is 10.1 Å². The van der Waals surface area contributed by atoms with Crippen LogP contribution in [0.15, 0.2) is 24.3 Å². The molecule has 0 amide bonds. The second kappa shape index (κ2) is 8.17. The standard InChI is InChI=1S/C15H24FN3S/c1-11(2)19(12(3)4)10-9-17-15(20)18-14-7-5-13(16)6-8-14/h5-8,11-12H,9-10H2,1-4H3,(H2,17,18,20). The quantitative estimate of drug-likeness (QED) is 0.788. The van der Waals surface area contributed by atoms with Crippen molar-refractivity contribution in [3.8, 4) is 0 Å². The zero-order valence-electron chi connectivity index (χ0n) is 12.6. The van der Waals surface area contributed by atoms with E-state index in [1.165, 1.54) is 12.1 Å². The molecule has 0 spiro atoms. The Morgan fingerprint density at radius 3 is 2.20 bits per heavy atom. The van der Waals surface area contributed by atoms with Gasteiger partial charge in [0.15, 0.2) is 5.11 Å². The van der Waals surface area contributed by atoms with Gasteiger partial charge in [0.25, 0.3) is 0 Å². The summed E-state index contributed by atoms with van der Waals surface area (Å²) in [6.45, 7) is 10.5. The van der Waals surface area contributed by atoms with Gasteiger partial charge in [0.1, 0.15) is 5.82 Å². The van der Waals surface area contributed by atoms with Gasteiger partial charge in [-0.3, -0.25) is 4.90 Å². The molecule has 0 fully saturated rings. The van der Waals surface area contributed by atoms with E-state index in [1.54, 1.807) is 12.1 Å². The molecule has 0 atom stereocenters. The van der Waals surface area contributed by atoms with E-state index < -0.39 is 0 Å². The molecule has 112 valence electrons. The number of hydrogen-bond acceptors (Lipinski definition) is 2. The summed E-state index contributed by atoms with van der Waals surface area (Å²) in [5.74, 6) is -0.251. The van der Waals surface area contributed by atoms with Crippen LogP contribution >= 0.6 is 12.2 Å². The molecule has 0 saturated carbocycles. The number of thiocarbonyl (C=S) groups is 1. The summed E-state index contributed by atoms with van der Waals surface area (Å²) in [6.07, 6.45) is 0. The predicted octanol–water partition coefficient (Wildman–Crippen LogP) is 3.23. The number of hydrogen-bond donors (Lipinski definition) is 2. The average Bonchev–Trinajstić information content (AvgIpc) is 2.36. The van der Waals surface area contributed by atoms with Crippen molar-refractivity contribution in [1.29, 1.82) is 0 Å². The minimum absolute atomic E-state index is 0.251. The van der Waals surface area contributed by atoms with Crippen molar-refractivity contribution in [2.45, 2.75) is 39.8 Å². The molecule has 1 aromatic rings. The Kier molecular flexibility index (Phi) is 6.88. The normalized spacial score (nSPS) is 11.2. The summed E-state index contributed by atoms with van der Waals surface area (Å²) in [5, 5.41) is 6.77. The summed E-state index contributed by atoms with van der Waals surface area (Å²) in [4.78, 5) is 2.40. The maximum Gasteiger partial charge on any atom is 0.170 e. The Morgan fingerprint density at radius 2 is 1.70 bits per heavy atom. The first kappa shape index (κ1) is 16.9. The molecule has 0 heterocycles. The third-order valence-corrected chi connectivity index (χ3v) is 3.33.